The highest BCUT2D eigenvalue weighted by Gasteiger charge is 2.42. The first-order valence-electron chi connectivity index (χ1n) is 11.1. The van der Waals surface area contributed by atoms with E-state index in [-0.39, 0.29) is 5.91 Å². The van der Waals surface area contributed by atoms with Gasteiger partial charge < -0.3 is 5.32 Å². The van der Waals surface area contributed by atoms with E-state index in [9.17, 15) is 4.79 Å². The summed E-state index contributed by atoms with van der Waals surface area (Å²) in [4.78, 5) is 14.2. The van der Waals surface area contributed by atoms with Crippen LogP contribution in [0.25, 0.3) is 0 Å². The number of hydrogen-bond acceptors (Lipinski definition) is 3. The second kappa shape index (κ2) is 9.21. The molecule has 1 amide bonds. The van der Waals surface area contributed by atoms with E-state index < -0.39 is 5.54 Å². The number of nitrogens with one attached hydrogen (secondary N) is 2. The summed E-state index contributed by atoms with van der Waals surface area (Å²) in [6.45, 7) is 10.9. The molecule has 3 nitrogen and oxygen atoms in total. The van der Waals surface area contributed by atoms with Crippen LogP contribution in [0.1, 0.15) is 72.3 Å². The fraction of sp³-hybridized carbons (Fsp3) is 0.708. The summed E-state index contributed by atoms with van der Waals surface area (Å²) in [7, 11) is 0. The Labute approximate surface area is 176 Å². The van der Waals surface area contributed by atoms with Gasteiger partial charge in [-0.2, -0.15) is 0 Å². The number of carbonyl (C=O) groups excluding carboxylic acids is 1. The molecule has 0 saturated heterocycles. The third-order valence-corrected chi connectivity index (χ3v) is 7.77. The third-order valence-electron chi connectivity index (χ3n) is 6.65. The molecule has 4 heteroatoms. The minimum Gasteiger partial charge on any atom is -0.351 e. The molecule has 0 heterocycles. The molecule has 0 aliphatic heterocycles. The number of hydrogen-bond donors (Lipinski definition) is 2. The van der Waals surface area contributed by atoms with Gasteiger partial charge in [0.1, 0.15) is 5.54 Å². The van der Waals surface area contributed by atoms with E-state index in [4.69, 9.17) is 0 Å². The lowest BCUT2D eigenvalue weighted by Gasteiger charge is -2.47. The normalized spacial score (nSPS) is 30.1. The van der Waals surface area contributed by atoms with Gasteiger partial charge in [0.05, 0.1) is 0 Å². The average molecular weight is 403 g/mol. The van der Waals surface area contributed by atoms with Crippen LogP contribution in [0.3, 0.4) is 0 Å². The molecule has 0 spiro atoms. The molecule has 2 aliphatic rings. The molecule has 2 fully saturated rings. The number of benzene rings is 1. The summed E-state index contributed by atoms with van der Waals surface area (Å²) >= 11 is 1.55. The Balaban J connectivity index is 1.56. The zero-order chi connectivity index (χ0) is 20.3. The molecule has 5 atom stereocenters. The van der Waals surface area contributed by atoms with Gasteiger partial charge in [0.2, 0.25) is 5.91 Å². The van der Waals surface area contributed by atoms with Gasteiger partial charge in [0.15, 0.2) is 0 Å². The van der Waals surface area contributed by atoms with Crippen LogP contribution in [0.4, 0.5) is 0 Å². The smallest absolute Gasteiger partial charge is 0.240 e. The van der Waals surface area contributed by atoms with Crippen molar-refractivity contribution < 1.29 is 4.79 Å². The minimum absolute atomic E-state index is 0.121. The van der Waals surface area contributed by atoms with Gasteiger partial charge in [0, 0.05) is 10.9 Å². The van der Waals surface area contributed by atoms with Crippen LogP contribution in [0.5, 0.6) is 0 Å². The number of amides is 1. The second-order valence-electron chi connectivity index (χ2n) is 9.87. The van der Waals surface area contributed by atoms with Crippen molar-refractivity contribution in [3.05, 3.63) is 29.8 Å². The van der Waals surface area contributed by atoms with Crippen molar-refractivity contribution in [3.8, 4) is 0 Å². The molecular formula is C24H38N2OS. The molecule has 28 heavy (non-hydrogen) atoms. The zero-order valence-corrected chi connectivity index (χ0v) is 19.1. The summed E-state index contributed by atoms with van der Waals surface area (Å²) in [6.07, 6.45) is 7.48. The lowest BCUT2D eigenvalue weighted by atomic mass is 9.63. The van der Waals surface area contributed by atoms with Crippen LogP contribution >= 0.6 is 11.9 Å². The van der Waals surface area contributed by atoms with Crippen molar-refractivity contribution in [2.45, 2.75) is 89.6 Å². The van der Waals surface area contributed by atoms with Crippen molar-refractivity contribution >= 4 is 17.9 Å². The first-order valence-corrected chi connectivity index (χ1v) is 11.9. The summed E-state index contributed by atoms with van der Waals surface area (Å²) in [6, 6.07) is 8.98. The van der Waals surface area contributed by atoms with Crippen LogP contribution in [0.2, 0.25) is 0 Å². The standard InChI is InChI=1S/C24H38N2OS/c1-6-7-18-8-10-21(11-9-18)28-26-24(4,5)23(27)25-22-17(3)14-19-12-16(2)13-20(22)15-19/h8-11,16-17,19-20,22,26H,6-7,12-15H2,1-5H3,(H,25,27). The molecule has 3 rings (SSSR count). The highest BCUT2D eigenvalue weighted by atomic mass is 32.2. The number of aryl methyl sites for hydroxylation is 1. The van der Waals surface area contributed by atoms with E-state index >= 15 is 0 Å². The Bertz CT molecular complexity index is 653. The lowest BCUT2D eigenvalue weighted by molar-refractivity contribution is -0.128. The van der Waals surface area contributed by atoms with Gasteiger partial charge in [-0.3, -0.25) is 4.79 Å². The van der Waals surface area contributed by atoms with Crippen molar-refractivity contribution in [2.24, 2.45) is 23.7 Å². The fourth-order valence-electron chi connectivity index (χ4n) is 5.26. The maximum atomic E-state index is 13.1. The fourth-order valence-corrected chi connectivity index (χ4v) is 6.00. The van der Waals surface area contributed by atoms with Crippen LogP contribution in [0, 0.1) is 23.7 Å². The van der Waals surface area contributed by atoms with Crippen molar-refractivity contribution in [3.63, 3.8) is 0 Å². The number of rotatable bonds is 7. The molecule has 156 valence electrons. The summed E-state index contributed by atoms with van der Waals surface area (Å²) in [5.41, 5.74) is 0.763. The molecule has 0 radical (unpaired) electrons. The summed E-state index contributed by atoms with van der Waals surface area (Å²) < 4.78 is 3.40. The Morgan fingerprint density at radius 3 is 2.50 bits per heavy atom. The van der Waals surface area contributed by atoms with Crippen LogP contribution in [0.15, 0.2) is 29.2 Å². The average Bonchev–Trinajstić information content (AvgIpc) is 2.64. The topological polar surface area (TPSA) is 41.1 Å². The first kappa shape index (κ1) is 21.7. The van der Waals surface area contributed by atoms with E-state index in [0.29, 0.717) is 17.9 Å². The molecule has 5 unspecified atom stereocenters. The Hall–Kier alpha value is -1.00. The largest absolute Gasteiger partial charge is 0.351 e. The molecule has 1 aromatic rings. The maximum absolute atomic E-state index is 13.1. The Morgan fingerprint density at radius 2 is 1.82 bits per heavy atom. The van der Waals surface area contributed by atoms with Crippen molar-refractivity contribution in [2.75, 3.05) is 0 Å². The maximum Gasteiger partial charge on any atom is 0.240 e. The molecule has 0 aromatic heterocycles. The lowest BCUT2D eigenvalue weighted by Crippen LogP contribution is -2.58. The molecule has 2 saturated carbocycles. The van der Waals surface area contributed by atoms with Gasteiger partial charge in [-0.25, -0.2) is 4.72 Å². The minimum atomic E-state index is -0.608. The zero-order valence-electron chi connectivity index (χ0n) is 18.3. The second-order valence-corrected chi connectivity index (χ2v) is 10.8. The highest BCUT2D eigenvalue weighted by molar-refractivity contribution is 7.97. The summed E-state index contributed by atoms with van der Waals surface area (Å²) in [5, 5.41) is 3.43. The highest BCUT2D eigenvalue weighted by Crippen LogP contribution is 2.44. The van der Waals surface area contributed by atoms with Gasteiger partial charge in [-0.15, -0.1) is 0 Å². The van der Waals surface area contributed by atoms with Crippen molar-refractivity contribution in [1.82, 2.24) is 10.0 Å². The molecule has 2 bridgehead atoms. The Morgan fingerprint density at radius 1 is 1.11 bits per heavy atom. The monoisotopic (exact) mass is 402 g/mol. The van der Waals surface area contributed by atoms with E-state index in [1.807, 2.05) is 13.8 Å². The third kappa shape index (κ3) is 5.33. The molecule has 2 aliphatic carbocycles. The summed E-state index contributed by atoms with van der Waals surface area (Å²) in [5.74, 6) is 3.02. The predicted octanol–water partition coefficient (Wildman–Crippen LogP) is 5.59. The van der Waals surface area contributed by atoms with Crippen LogP contribution < -0.4 is 10.0 Å². The van der Waals surface area contributed by atoms with Crippen LogP contribution in [-0.2, 0) is 11.2 Å². The van der Waals surface area contributed by atoms with E-state index in [0.717, 1.165) is 29.6 Å². The molecule has 2 N–H and O–H groups in total. The first-order chi connectivity index (χ1) is 13.3. The number of carbonyl (C=O) groups is 1. The van der Waals surface area contributed by atoms with Gasteiger partial charge in [-0.1, -0.05) is 39.3 Å². The molecular weight excluding hydrogens is 364 g/mol. The predicted molar refractivity (Wildman–Crippen MR) is 119 cm³/mol. The van der Waals surface area contributed by atoms with Crippen LogP contribution in [-0.4, -0.2) is 17.5 Å². The Kier molecular flexibility index (Phi) is 7.14. The number of fused-ring (bicyclic) bond motifs is 2. The van der Waals surface area contributed by atoms with E-state index in [1.165, 1.54) is 31.2 Å². The SMILES string of the molecule is CCCc1ccc(SNC(C)(C)C(=O)NC2C(C)CC3CC(C)CC2C3)cc1. The van der Waals surface area contributed by atoms with Crippen molar-refractivity contribution in [1.29, 1.82) is 0 Å². The van der Waals surface area contributed by atoms with Gasteiger partial charge >= 0.3 is 0 Å². The van der Waals surface area contributed by atoms with E-state index in [2.05, 4.69) is 55.1 Å². The molecule has 1 aromatic carbocycles. The quantitative estimate of drug-likeness (QED) is 0.584. The van der Waals surface area contributed by atoms with E-state index in [1.54, 1.807) is 11.9 Å². The van der Waals surface area contributed by atoms with Gasteiger partial charge in [0.25, 0.3) is 0 Å². The van der Waals surface area contributed by atoms with Gasteiger partial charge in [-0.05, 0) is 99.3 Å².